The first-order valence-corrected chi connectivity index (χ1v) is 11.5. The Morgan fingerprint density at radius 1 is 1.03 bits per heavy atom. The number of rotatable bonds is 6. The molecule has 1 N–H and O–H groups in total. The first kappa shape index (κ1) is 21.1. The van der Waals surface area contributed by atoms with Gasteiger partial charge in [-0.2, -0.15) is 5.10 Å². The Morgan fingerprint density at radius 2 is 1.67 bits per heavy atom. The fourth-order valence-corrected chi connectivity index (χ4v) is 4.49. The Hall–Kier alpha value is -2.14. The lowest BCUT2D eigenvalue weighted by Crippen LogP contribution is -2.19. The van der Waals surface area contributed by atoms with E-state index in [-0.39, 0.29) is 5.91 Å². The van der Waals surface area contributed by atoms with Crippen LogP contribution in [0.3, 0.4) is 0 Å². The zero-order valence-corrected chi connectivity index (χ0v) is 20.5. The number of methoxy groups -OCH3 is 1. The predicted molar refractivity (Wildman–Crippen MR) is 138 cm³/mol. The van der Waals surface area contributed by atoms with E-state index >= 15 is 0 Å². The highest BCUT2D eigenvalue weighted by Crippen LogP contribution is 2.31. The van der Waals surface area contributed by atoms with Crippen LogP contribution in [0.1, 0.15) is 12.0 Å². The molecule has 7 heteroatoms. The molecule has 5 nitrogen and oxygen atoms in total. The number of nitrogens with zero attached hydrogens (tertiary/aromatic N) is 2. The normalized spacial score (nSPS) is 11.4. The molecule has 0 aliphatic heterocycles. The lowest BCUT2D eigenvalue weighted by molar-refractivity contribution is -0.121. The van der Waals surface area contributed by atoms with Gasteiger partial charge in [0.05, 0.1) is 13.3 Å². The van der Waals surface area contributed by atoms with E-state index in [0.717, 1.165) is 16.6 Å². The number of hydrogen-bond acceptors (Lipinski definition) is 3. The SMILES string of the molecule is COc1ccccc1C=NNC(=O)CCn1c2ccc(I)cc2c2cc(I)ccc21. The van der Waals surface area contributed by atoms with Gasteiger partial charge in [-0.3, -0.25) is 4.79 Å². The number of nitrogens with one attached hydrogen (secondary N) is 1. The molecule has 0 unspecified atom stereocenters. The first-order valence-electron chi connectivity index (χ1n) is 9.39. The molecule has 1 heterocycles. The van der Waals surface area contributed by atoms with Crippen LogP contribution in [0.15, 0.2) is 65.8 Å². The number of carbonyl (C=O) groups is 1. The fourth-order valence-electron chi connectivity index (χ4n) is 3.51. The van der Waals surface area contributed by atoms with E-state index in [1.54, 1.807) is 13.3 Å². The average Bonchev–Trinajstić information content (AvgIpc) is 3.04. The van der Waals surface area contributed by atoms with Crippen molar-refractivity contribution in [3.8, 4) is 5.75 Å². The van der Waals surface area contributed by atoms with Crippen LogP contribution in [-0.2, 0) is 11.3 Å². The van der Waals surface area contributed by atoms with Gasteiger partial charge in [-0.15, -0.1) is 0 Å². The van der Waals surface area contributed by atoms with Gasteiger partial charge in [0.15, 0.2) is 0 Å². The average molecular weight is 623 g/mol. The summed E-state index contributed by atoms with van der Waals surface area (Å²) in [5, 5.41) is 6.51. The lowest BCUT2D eigenvalue weighted by Gasteiger charge is -2.07. The molecule has 3 aromatic carbocycles. The minimum Gasteiger partial charge on any atom is -0.496 e. The summed E-state index contributed by atoms with van der Waals surface area (Å²) < 4.78 is 9.89. The molecule has 4 aromatic rings. The van der Waals surface area contributed by atoms with Crippen LogP contribution in [0.25, 0.3) is 21.8 Å². The summed E-state index contributed by atoms with van der Waals surface area (Å²) in [5.74, 6) is 0.581. The molecular formula is C23H19I2N3O2. The maximum absolute atomic E-state index is 12.4. The Bertz CT molecular complexity index is 1210. The number of amides is 1. The number of aromatic nitrogens is 1. The molecule has 0 aliphatic rings. The third-order valence-corrected chi connectivity index (χ3v) is 6.23. The van der Waals surface area contributed by atoms with Gasteiger partial charge in [0, 0.05) is 47.5 Å². The topological polar surface area (TPSA) is 55.6 Å². The smallest absolute Gasteiger partial charge is 0.241 e. The van der Waals surface area contributed by atoms with Gasteiger partial charge >= 0.3 is 0 Å². The predicted octanol–water partition coefficient (Wildman–Crippen LogP) is 5.55. The zero-order valence-electron chi connectivity index (χ0n) is 16.2. The van der Waals surface area contributed by atoms with E-state index in [1.807, 2.05) is 24.3 Å². The summed E-state index contributed by atoms with van der Waals surface area (Å²) in [7, 11) is 1.61. The molecule has 0 saturated heterocycles. The van der Waals surface area contributed by atoms with Crippen molar-refractivity contribution in [3.05, 3.63) is 73.4 Å². The van der Waals surface area contributed by atoms with Crippen LogP contribution in [0.5, 0.6) is 5.75 Å². The highest BCUT2D eigenvalue weighted by Gasteiger charge is 2.12. The van der Waals surface area contributed by atoms with E-state index < -0.39 is 0 Å². The molecule has 4 rings (SSSR count). The van der Waals surface area contributed by atoms with Crippen LogP contribution >= 0.6 is 45.2 Å². The molecule has 0 bridgehead atoms. The standard InChI is InChI=1S/C23H19I2N3O2/c1-30-22-5-3-2-4-15(22)14-26-27-23(29)10-11-28-20-8-6-16(24)12-18(20)19-13-17(25)7-9-21(19)28/h2-9,12-14H,10-11H2,1H3,(H,27,29). The van der Waals surface area contributed by atoms with Crippen molar-refractivity contribution in [1.82, 2.24) is 9.99 Å². The van der Waals surface area contributed by atoms with Crippen molar-refractivity contribution in [2.24, 2.45) is 5.10 Å². The lowest BCUT2D eigenvalue weighted by atomic mass is 10.2. The van der Waals surface area contributed by atoms with Gasteiger partial charge < -0.3 is 9.30 Å². The van der Waals surface area contributed by atoms with Crippen molar-refractivity contribution in [2.45, 2.75) is 13.0 Å². The summed E-state index contributed by atoms with van der Waals surface area (Å²) in [6.45, 7) is 0.581. The highest BCUT2D eigenvalue weighted by molar-refractivity contribution is 14.1. The molecule has 1 aromatic heterocycles. The van der Waals surface area contributed by atoms with E-state index in [9.17, 15) is 4.79 Å². The van der Waals surface area contributed by atoms with Gasteiger partial charge in [0.1, 0.15) is 5.75 Å². The maximum Gasteiger partial charge on any atom is 0.241 e. The summed E-state index contributed by atoms with van der Waals surface area (Å²) in [6.07, 6.45) is 1.93. The number of hydrogen-bond donors (Lipinski definition) is 1. The number of para-hydroxylation sites is 1. The second-order valence-electron chi connectivity index (χ2n) is 6.76. The van der Waals surface area contributed by atoms with Crippen molar-refractivity contribution >= 4 is 79.1 Å². The molecule has 152 valence electrons. The Balaban J connectivity index is 1.52. The van der Waals surface area contributed by atoms with Gasteiger partial charge in [0.25, 0.3) is 0 Å². The first-order chi connectivity index (χ1) is 14.6. The largest absolute Gasteiger partial charge is 0.496 e. The second kappa shape index (κ2) is 9.34. The van der Waals surface area contributed by atoms with Crippen LogP contribution in [-0.4, -0.2) is 23.8 Å². The number of ether oxygens (including phenoxy) is 1. The molecular weight excluding hydrogens is 604 g/mol. The van der Waals surface area contributed by atoms with Crippen molar-refractivity contribution in [3.63, 3.8) is 0 Å². The summed E-state index contributed by atoms with van der Waals surface area (Å²) in [5.41, 5.74) is 5.70. The number of hydrazone groups is 1. The number of halogens is 2. The second-order valence-corrected chi connectivity index (χ2v) is 9.25. The number of carbonyl (C=O) groups excluding carboxylic acids is 1. The third-order valence-electron chi connectivity index (χ3n) is 4.88. The number of fused-ring (bicyclic) bond motifs is 3. The molecule has 0 fully saturated rings. The molecule has 0 saturated carbocycles. The quantitative estimate of drug-likeness (QED) is 0.174. The van der Waals surface area contributed by atoms with Gasteiger partial charge in [0.2, 0.25) is 5.91 Å². The maximum atomic E-state index is 12.4. The Labute approximate surface area is 201 Å². The highest BCUT2D eigenvalue weighted by atomic mass is 127. The minimum absolute atomic E-state index is 0.132. The van der Waals surface area contributed by atoms with E-state index in [1.165, 1.54) is 17.9 Å². The fraction of sp³-hybridized carbons (Fsp3) is 0.130. The molecule has 0 spiro atoms. The molecule has 30 heavy (non-hydrogen) atoms. The number of benzene rings is 3. The van der Waals surface area contributed by atoms with Crippen LogP contribution in [0.4, 0.5) is 0 Å². The van der Waals surface area contributed by atoms with Gasteiger partial charge in [-0.05, 0) is 93.7 Å². The Kier molecular flexibility index (Phi) is 6.57. The summed E-state index contributed by atoms with van der Waals surface area (Å²) in [4.78, 5) is 12.4. The third kappa shape index (κ3) is 4.46. The monoisotopic (exact) mass is 623 g/mol. The molecule has 0 aliphatic carbocycles. The van der Waals surface area contributed by atoms with Crippen LogP contribution in [0, 0.1) is 7.14 Å². The minimum atomic E-state index is -0.132. The van der Waals surface area contributed by atoms with E-state index in [0.29, 0.717) is 18.7 Å². The van der Waals surface area contributed by atoms with Crippen molar-refractivity contribution in [1.29, 1.82) is 0 Å². The zero-order chi connectivity index (χ0) is 21.1. The van der Waals surface area contributed by atoms with E-state index in [2.05, 4.69) is 96.7 Å². The molecule has 0 radical (unpaired) electrons. The van der Waals surface area contributed by atoms with Crippen molar-refractivity contribution in [2.75, 3.05) is 7.11 Å². The van der Waals surface area contributed by atoms with Gasteiger partial charge in [-0.1, -0.05) is 12.1 Å². The summed E-state index contributed by atoms with van der Waals surface area (Å²) >= 11 is 4.67. The summed E-state index contributed by atoms with van der Waals surface area (Å²) in [6, 6.07) is 20.4. The van der Waals surface area contributed by atoms with E-state index in [4.69, 9.17) is 4.74 Å². The molecule has 1 amide bonds. The molecule has 0 atom stereocenters. The van der Waals surface area contributed by atoms with Crippen LogP contribution < -0.4 is 10.2 Å². The van der Waals surface area contributed by atoms with Gasteiger partial charge in [-0.25, -0.2) is 5.43 Å². The van der Waals surface area contributed by atoms with Crippen LogP contribution in [0.2, 0.25) is 0 Å². The Morgan fingerprint density at radius 3 is 2.30 bits per heavy atom. The van der Waals surface area contributed by atoms with Crippen molar-refractivity contribution < 1.29 is 9.53 Å². The number of aryl methyl sites for hydroxylation is 1.